The molecule has 0 unspecified atom stereocenters. The van der Waals surface area contributed by atoms with E-state index in [1.54, 1.807) is 13.8 Å². The zero-order valence-electron chi connectivity index (χ0n) is 13.3. The van der Waals surface area contributed by atoms with E-state index in [2.05, 4.69) is 14.2 Å². The molecule has 12 nitrogen and oxygen atoms in total. The number of hydrogen-bond donors (Lipinski definition) is 1. The number of rotatable bonds is 10. The Labute approximate surface area is 139 Å². The molecule has 0 aromatic carbocycles. The minimum absolute atomic E-state index is 0.106. The first kappa shape index (κ1) is 21.3. The first-order valence-electron chi connectivity index (χ1n) is 6.96. The lowest BCUT2D eigenvalue weighted by atomic mass is 10.1. The van der Waals surface area contributed by atoms with Crippen LogP contribution in [0.2, 0.25) is 0 Å². The first-order chi connectivity index (χ1) is 11.2. The molecule has 0 saturated carbocycles. The average Bonchev–Trinajstić information content (AvgIpc) is 2.75. The lowest BCUT2D eigenvalue weighted by molar-refractivity contribution is -0.140. The van der Waals surface area contributed by atoms with Gasteiger partial charge in [-0.25, -0.2) is 4.18 Å². The highest BCUT2D eigenvalue weighted by atomic mass is 32.3. The van der Waals surface area contributed by atoms with Crippen LogP contribution < -0.4 is 0 Å². The summed E-state index contributed by atoms with van der Waals surface area (Å²) in [6.07, 6.45) is -4.11. The normalized spacial score (nSPS) is 27.8. The van der Waals surface area contributed by atoms with Gasteiger partial charge in [0.15, 0.2) is 6.29 Å². The third-order valence-corrected chi connectivity index (χ3v) is 5.58. The predicted molar refractivity (Wildman–Crippen MR) is 80.8 cm³/mol. The van der Waals surface area contributed by atoms with Gasteiger partial charge >= 0.3 is 18.0 Å². The topological polar surface area (TPSA) is 166 Å². The molecular weight excluding hydrogens is 369 g/mol. The predicted octanol–water partition coefficient (Wildman–Crippen LogP) is 1.49. The van der Waals surface area contributed by atoms with Gasteiger partial charge in [0.25, 0.3) is 0 Å². The van der Waals surface area contributed by atoms with Crippen LogP contribution in [0.25, 0.3) is 10.4 Å². The van der Waals surface area contributed by atoms with E-state index in [1.165, 1.54) is 7.11 Å². The summed E-state index contributed by atoms with van der Waals surface area (Å²) in [5, 5.41) is 3.42. The smallest absolute Gasteiger partial charge is 0.353 e. The Kier molecular flexibility index (Phi) is 8.06. The minimum Gasteiger partial charge on any atom is -0.353 e. The summed E-state index contributed by atoms with van der Waals surface area (Å²) < 4.78 is 68.5. The Bertz CT molecular complexity index is 599. The maximum absolute atomic E-state index is 12.6. The third kappa shape index (κ3) is 5.96. The summed E-state index contributed by atoms with van der Waals surface area (Å²) in [6, 6.07) is -1.24. The summed E-state index contributed by atoms with van der Waals surface area (Å²) in [6.45, 7) is 3.45. The molecule has 1 saturated heterocycles. The molecule has 0 aromatic rings. The molecule has 0 radical (unpaired) electrons. The van der Waals surface area contributed by atoms with Crippen LogP contribution >= 0.6 is 7.60 Å². The molecule has 24 heavy (non-hydrogen) atoms. The second-order valence-electron chi connectivity index (χ2n) is 4.59. The molecule has 14 heteroatoms. The van der Waals surface area contributed by atoms with Gasteiger partial charge in [-0.3, -0.25) is 9.12 Å². The SMILES string of the molecule is CCOP(=O)(C[C@H]1O[C@@H](OC)[C@H](OS(=O)(=O)O)[C@H]1N=[N+]=[N-])OCC. The lowest BCUT2D eigenvalue weighted by Gasteiger charge is -2.22. The van der Waals surface area contributed by atoms with Crippen LogP contribution in [0.4, 0.5) is 0 Å². The van der Waals surface area contributed by atoms with Crippen molar-refractivity contribution in [2.75, 3.05) is 26.5 Å². The molecule has 0 bridgehead atoms. The van der Waals surface area contributed by atoms with Crippen molar-refractivity contribution in [2.24, 2.45) is 5.11 Å². The number of nitrogens with zero attached hydrogens (tertiary/aromatic N) is 3. The van der Waals surface area contributed by atoms with Crippen LogP contribution in [0.15, 0.2) is 5.11 Å². The van der Waals surface area contributed by atoms with Crippen LogP contribution in [0, 0.1) is 0 Å². The summed E-state index contributed by atoms with van der Waals surface area (Å²) in [4.78, 5) is 2.60. The lowest BCUT2D eigenvalue weighted by Crippen LogP contribution is -2.37. The fraction of sp³-hybridized carbons (Fsp3) is 1.00. The van der Waals surface area contributed by atoms with E-state index >= 15 is 0 Å². The molecule has 0 spiro atoms. The first-order valence-corrected chi connectivity index (χ1v) is 10.0. The molecule has 1 N–H and O–H groups in total. The maximum Gasteiger partial charge on any atom is 0.397 e. The molecule has 0 amide bonds. The van der Waals surface area contributed by atoms with Gasteiger partial charge in [0.1, 0.15) is 6.10 Å². The van der Waals surface area contributed by atoms with Gasteiger partial charge < -0.3 is 18.5 Å². The number of methoxy groups -OCH3 is 1. The molecule has 1 heterocycles. The van der Waals surface area contributed by atoms with E-state index in [0.717, 1.165) is 0 Å². The Hall–Kier alpha value is -0.750. The minimum atomic E-state index is -4.86. The van der Waals surface area contributed by atoms with Crippen LogP contribution in [0.3, 0.4) is 0 Å². The van der Waals surface area contributed by atoms with Crippen molar-refractivity contribution in [1.82, 2.24) is 0 Å². The molecule has 1 rings (SSSR count). The number of azide groups is 1. The van der Waals surface area contributed by atoms with E-state index in [0.29, 0.717) is 0 Å². The summed E-state index contributed by atoms with van der Waals surface area (Å²) in [7, 11) is -7.24. The highest BCUT2D eigenvalue weighted by Crippen LogP contribution is 2.50. The molecule has 1 aliphatic heterocycles. The van der Waals surface area contributed by atoms with E-state index in [-0.39, 0.29) is 19.4 Å². The van der Waals surface area contributed by atoms with Crippen molar-refractivity contribution in [3.8, 4) is 0 Å². The Morgan fingerprint density at radius 1 is 1.33 bits per heavy atom. The van der Waals surface area contributed by atoms with Crippen LogP contribution in [0.1, 0.15) is 13.8 Å². The van der Waals surface area contributed by atoms with Crippen molar-refractivity contribution in [2.45, 2.75) is 38.4 Å². The zero-order chi connectivity index (χ0) is 18.4. The van der Waals surface area contributed by atoms with E-state index < -0.39 is 42.5 Å². The number of hydrogen-bond acceptors (Lipinski definition) is 9. The second-order valence-corrected chi connectivity index (χ2v) is 7.74. The fourth-order valence-corrected chi connectivity index (χ4v) is 4.54. The average molecular weight is 389 g/mol. The van der Waals surface area contributed by atoms with Gasteiger partial charge in [-0.15, -0.1) is 0 Å². The monoisotopic (exact) mass is 389 g/mol. The largest absolute Gasteiger partial charge is 0.397 e. The van der Waals surface area contributed by atoms with Crippen LogP contribution in [0.5, 0.6) is 0 Å². The quantitative estimate of drug-likeness (QED) is 0.191. The van der Waals surface area contributed by atoms with Gasteiger partial charge in [-0.05, 0) is 19.4 Å². The molecule has 0 aromatic heterocycles. The number of ether oxygens (including phenoxy) is 2. The third-order valence-electron chi connectivity index (χ3n) is 3.00. The van der Waals surface area contributed by atoms with Crippen molar-refractivity contribution in [1.29, 1.82) is 0 Å². The molecule has 1 fully saturated rings. The Morgan fingerprint density at radius 3 is 2.33 bits per heavy atom. The van der Waals surface area contributed by atoms with Crippen LogP contribution in [-0.2, 0) is 37.7 Å². The van der Waals surface area contributed by atoms with E-state index in [1.807, 2.05) is 0 Å². The fourth-order valence-electron chi connectivity index (χ4n) is 2.24. The Morgan fingerprint density at radius 2 is 1.92 bits per heavy atom. The summed E-state index contributed by atoms with van der Waals surface area (Å²) >= 11 is 0. The molecule has 4 atom stereocenters. The second kappa shape index (κ2) is 9.09. The van der Waals surface area contributed by atoms with E-state index in [4.69, 9.17) is 28.6 Å². The van der Waals surface area contributed by atoms with Gasteiger partial charge in [-0.2, -0.15) is 8.42 Å². The van der Waals surface area contributed by atoms with Gasteiger partial charge in [0.05, 0.1) is 31.5 Å². The molecule has 140 valence electrons. The summed E-state index contributed by atoms with van der Waals surface area (Å²) in [5.74, 6) is 0. The van der Waals surface area contributed by atoms with Crippen molar-refractivity contribution >= 4 is 18.0 Å². The highest BCUT2D eigenvalue weighted by Gasteiger charge is 2.50. The maximum atomic E-state index is 12.6. The standard InChI is InChI=1S/C10H20N3O9PS/c1-4-19-23(14,20-5-2)6-7-8(12-13-11)9(10(18-3)21-7)22-24(15,16)17/h7-10H,4-6H2,1-3H3,(H,15,16,17)/t7-,8+,9-,10-/m1/s1. The molecule has 0 aliphatic carbocycles. The van der Waals surface area contributed by atoms with E-state index in [9.17, 15) is 13.0 Å². The molecular formula is C10H20N3O9PS. The Balaban J connectivity index is 3.08. The van der Waals surface area contributed by atoms with Crippen molar-refractivity contribution in [3.63, 3.8) is 0 Å². The zero-order valence-corrected chi connectivity index (χ0v) is 15.1. The highest BCUT2D eigenvalue weighted by molar-refractivity contribution is 7.80. The van der Waals surface area contributed by atoms with Gasteiger partial charge in [-0.1, -0.05) is 5.11 Å². The summed E-state index contributed by atoms with van der Waals surface area (Å²) in [5.41, 5.74) is 8.69. The van der Waals surface area contributed by atoms with Gasteiger partial charge in [0, 0.05) is 12.0 Å². The van der Waals surface area contributed by atoms with Crippen molar-refractivity contribution < 1.29 is 40.2 Å². The van der Waals surface area contributed by atoms with Crippen LogP contribution in [-0.4, -0.2) is 64.0 Å². The molecule has 1 aliphatic rings. The van der Waals surface area contributed by atoms with Gasteiger partial charge in [0.2, 0.25) is 0 Å². The van der Waals surface area contributed by atoms with Crippen molar-refractivity contribution in [3.05, 3.63) is 10.4 Å².